The normalized spacial score (nSPS) is 12.9. The molecule has 0 aliphatic carbocycles. The molecule has 1 rings (SSSR count). The summed E-state index contributed by atoms with van der Waals surface area (Å²) in [4.78, 5) is 22.0. The van der Waals surface area contributed by atoms with Crippen molar-refractivity contribution in [3.8, 4) is 0 Å². The molecule has 7 heteroatoms. The van der Waals surface area contributed by atoms with Crippen LogP contribution < -0.4 is 10.2 Å². The van der Waals surface area contributed by atoms with Gasteiger partial charge in [-0.2, -0.15) is 0 Å². The maximum Gasteiger partial charge on any atom is 0.490 e. The average Bonchev–Trinajstić information content (AvgIpc) is 2.36. The summed E-state index contributed by atoms with van der Waals surface area (Å²) < 4.78 is 20.0. The van der Waals surface area contributed by atoms with Gasteiger partial charge in [0, 0.05) is 5.92 Å². The summed E-state index contributed by atoms with van der Waals surface area (Å²) in [5.41, 5.74) is 0.842. The highest BCUT2D eigenvalue weighted by Gasteiger charge is 2.23. The van der Waals surface area contributed by atoms with Crippen molar-refractivity contribution in [2.24, 2.45) is 5.92 Å². The molecule has 2 atom stereocenters. The second-order valence-electron chi connectivity index (χ2n) is 4.20. The molecule has 0 aliphatic heterocycles. The molecule has 0 radical (unpaired) electrons. The van der Waals surface area contributed by atoms with Crippen molar-refractivity contribution in [2.45, 2.75) is 26.7 Å². The molecular formula is C12H16NO5P. The monoisotopic (exact) mass is 285 g/mol. The van der Waals surface area contributed by atoms with E-state index in [0.29, 0.717) is 0 Å². The Balaban J connectivity index is 2.42. The number of carbonyl (C=O) groups excluding carboxylic acids is 1. The highest BCUT2D eigenvalue weighted by atomic mass is 31.1. The Bertz CT molecular complexity index is 423. The molecule has 1 aromatic carbocycles. The van der Waals surface area contributed by atoms with Crippen molar-refractivity contribution in [3.05, 3.63) is 35.9 Å². The number of ether oxygens (including phenoxy) is 1. The van der Waals surface area contributed by atoms with Crippen LogP contribution in [-0.2, 0) is 20.4 Å². The van der Waals surface area contributed by atoms with Gasteiger partial charge in [-0.05, 0) is 10.1 Å². The Kier molecular flexibility index (Phi) is 6.42. The standard InChI is InChI=1S/C12H16NO5P/c1-9(2)11(18-19(15)16)13-12(14)17-8-10-6-4-3-5-7-10/h3-7,9,11H,8H2,1-2H3,(H,13,14). The van der Waals surface area contributed by atoms with Crippen LogP contribution in [0, 0.1) is 5.92 Å². The third-order valence-electron chi connectivity index (χ3n) is 2.28. The Labute approximate surface area is 112 Å². The minimum absolute atomic E-state index is 0.112. The molecule has 0 aromatic heterocycles. The SMILES string of the molecule is CC(C)C(NC(=O)OCc1ccccc1)O[P+](=O)[O-]. The molecule has 0 aliphatic rings. The van der Waals surface area contributed by atoms with Gasteiger partial charge in [-0.1, -0.05) is 44.2 Å². The van der Waals surface area contributed by atoms with E-state index in [9.17, 15) is 14.3 Å². The lowest BCUT2D eigenvalue weighted by Gasteiger charge is -2.17. The van der Waals surface area contributed by atoms with Crippen molar-refractivity contribution < 1.29 is 23.5 Å². The van der Waals surface area contributed by atoms with Crippen LogP contribution in [0.4, 0.5) is 4.79 Å². The first kappa shape index (κ1) is 15.6. The molecule has 19 heavy (non-hydrogen) atoms. The van der Waals surface area contributed by atoms with Gasteiger partial charge in [-0.15, -0.1) is 4.52 Å². The number of hydrogen-bond acceptors (Lipinski definition) is 5. The topological polar surface area (TPSA) is 87.7 Å². The smallest absolute Gasteiger partial charge is 0.490 e. The zero-order valence-electron chi connectivity index (χ0n) is 10.7. The number of hydrogen-bond donors (Lipinski definition) is 1. The molecule has 1 amide bonds. The number of amides is 1. The summed E-state index contributed by atoms with van der Waals surface area (Å²) in [6.45, 7) is 3.56. The third kappa shape index (κ3) is 6.29. The summed E-state index contributed by atoms with van der Waals surface area (Å²) in [6, 6.07) is 9.16. The second kappa shape index (κ2) is 7.84. The number of alkyl carbamates (subject to hydrolysis) is 1. The fourth-order valence-electron chi connectivity index (χ4n) is 1.29. The minimum Gasteiger partial charge on any atom is -0.566 e. The molecule has 0 saturated heterocycles. The third-order valence-corrected chi connectivity index (χ3v) is 2.68. The van der Waals surface area contributed by atoms with Crippen LogP contribution in [0.15, 0.2) is 30.3 Å². The molecule has 1 aromatic rings. The predicted octanol–water partition coefficient (Wildman–Crippen LogP) is 1.93. The average molecular weight is 285 g/mol. The van der Waals surface area contributed by atoms with Crippen LogP contribution in [0.1, 0.15) is 19.4 Å². The van der Waals surface area contributed by atoms with E-state index in [1.807, 2.05) is 30.3 Å². The van der Waals surface area contributed by atoms with E-state index in [1.165, 1.54) is 0 Å². The molecule has 0 saturated carbocycles. The molecule has 104 valence electrons. The molecular weight excluding hydrogens is 269 g/mol. The Morgan fingerprint density at radius 2 is 2.00 bits per heavy atom. The number of benzene rings is 1. The van der Waals surface area contributed by atoms with Gasteiger partial charge in [-0.3, -0.25) is 5.32 Å². The first-order chi connectivity index (χ1) is 8.99. The van der Waals surface area contributed by atoms with Crippen molar-refractivity contribution in [1.82, 2.24) is 5.32 Å². The van der Waals surface area contributed by atoms with Crippen LogP contribution in [0.2, 0.25) is 0 Å². The van der Waals surface area contributed by atoms with Gasteiger partial charge in [0.2, 0.25) is 0 Å². The molecule has 0 spiro atoms. The quantitative estimate of drug-likeness (QED) is 0.637. The molecule has 0 fully saturated rings. The van der Waals surface area contributed by atoms with Crippen molar-refractivity contribution in [3.63, 3.8) is 0 Å². The Morgan fingerprint density at radius 3 is 2.53 bits per heavy atom. The summed E-state index contributed by atoms with van der Waals surface area (Å²) >= 11 is 0. The number of nitrogens with one attached hydrogen (secondary N) is 1. The summed E-state index contributed by atoms with van der Waals surface area (Å²) in [7, 11) is -3.03. The Hall–Kier alpha value is -1.49. The van der Waals surface area contributed by atoms with E-state index in [1.54, 1.807) is 13.8 Å². The Morgan fingerprint density at radius 1 is 1.37 bits per heavy atom. The number of rotatable bonds is 6. The summed E-state index contributed by atoms with van der Waals surface area (Å²) in [6.07, 6.45) is -1.65. The van der Waals surface area contributed by atoms with E-state index in [4.69, 9.17) is 4.74 Å². The van der Waals surface area contributed by atoms with Gasteiger partial charge >= 0.3 is 14.3 Å². The molecule has 0 heterocycles. The highest BCUT2D eigenvalue weighted by Crippen LogP contribution is 2.17. The zero-order chi connectivity index (χ0) is 14.3. The van der Waals surface area contributed by atoms with Crippen LogP contribution in [0.25, 0.3) is 0 Å². The minimum atomic E-state index is -3.03. The van der Waals surface area contributed by atoms with Gasteiger partial charge in [0.15, 0.2) is 6.23 Å². The maximum absolute atomic E-state index is 11.5. The first-order valence-corrected chi connectivity index (χ1v) is 6.87. The van der Waals surface area contributed by atoms with Gasteiger partial charge in [0.1, 0.15) is 6.61 Å². The van der Waals surface area contributed by atoms with E-state index in [2.05, 4.69) is 9.84 Å². The van der Waals surface area contributed by atoms with Crippen LogP contribution in [-0.4, -0.2) is 12.3 Å². The molecule has 2 unspecified atom stereocenters. The van der Waals surface area contributed by atoms with Gasteiger partial charge < -0.3 is 9.63 Å². The van der Waals surface area contributed by atoms with Crippen LogP contribution in [0.5, 0.6) is 0 Å². The predicted molar refractivity (Wildman–Crippen MR) is 67.1 cm³/mol. The largest absolute Gasteiger partial charge is 0.566 e. The lowest BCUT2D eigenvalue weighted by atomic mass is 10.2. The molecule has 0 bridgehead atoms. The van der Waals surface area contributed by atoms with Gasteiger partial charge in [-0.25, -0.2) is 4.79 Å². The fourth-order valence-corrected chi connectivity index (χ4v) is 1.77. The van der Waals surface area contributed by atoms with Crippen molar-refractivity contribution in [1.29, 1.82) is 0 Å². The second-order valence-corrected chi connectivity index (χ2v) is 4.86. The number of carbonyl (C=O) groups is 1. The fraction of sp³-hybridized carbons (Fsp3) is 0.417. The lowest BCUT2D eigenvalue weighted by Crippen LogP contribution is -2.40. The van der Waals surface area contributed by atoms with Gasteiger partial charge in [0.05, 0.1) is 0 Å². The maximum atomic E-state index is 11.5. The van der Waals surface area contributed by atoms with E-state index in [-0.39, 0.29) is 12.5 Å². The molecule has 6 nitrogen and oxygen atoms in total. The summed E-state index contributed by atoms with van der Waals surface area (Å²) in [5.74, 6) is -0.197. The lowest BCUT2D eigenvalue weighted by molar-refractivity contribution is -0.191. The first-order valence-electron chi connectivity index (χ1n) is 5.77. The molecule has 1 N–H and O–H groups in total. The zero-order valence-corrected chi connectivity index (χ0v) is 11.6. The van der Waals surface area contributed by atoms with Gasteiger partial charge in [0.25, 0.3) is 0 Å². The van der Waals surface area contributed by atoms with E-state index >= 15 is 0 Å². The van der Waals surface area contributed by atoms with E-state index in [0.717, 1.165) is 5.56 Å². The van der Waals surface area contributed by atoms with Crippen molar-refractivity contribution >= 4 is 14.3 Å². The summed E-state index contributed by atoms with van der Waals surface area (Å²) in [5, 5.41) is 2.35. The van der Waals surface area contributed by atoms with Crippen LogP contribution >= 0.6 is 8.25 Å². The van der Waals surface area contributed by atoms with E-state index < -0.39 is 20.6 Å². The van der Waals surface area contributed by atoms with Crippen molar-refractivity contribution in [2.75, 3.05) is 0 Å². The van der Waals surface area contributed by atoms with Crippen LogP contribution in [0.3, 0.4) is 0 Å². The highest BCUT2D eigenvalue weighted by molar-refractivity contribution is 7.30.